The second-order valence-electron chi connectivity index (χ2n) is 6.95. The molecule has 0 unspecified atom stereocenters. The number of anilines is 1. The number of hydrogen-bond donors (Lipinski definition) is 3. The average molecular weight is 401 g/mol. The van der Waals surface area contributed by atoms with E-state index in [1.54, 1.807) is 24.3 Å². The SMILES string of the molecule is CC(=O)Nc1ccc(C(=O)N[C@H](Cc2ccc(-c3ccccc3)cc2)C(N)=O)cc1. The van der Waals surface area contributed by atoms with Gasteiger partial charge in [0.25, 0.3) is 5.91 Å². The predicted molar refractivity (Wildman–Crippen MR) is 117 cm³/mol. The van der Waals surface area contributed by atoms with E-state index in [9.17, 15) is 14.4 Å². The van der Waals surface area contributed by atoms with E-state index in [1.807, 2.05) is 54.6 Å². The molecule has 30 heavy (non-hydrogen) atoms. The van der Waals surface area contributed by atoms with Gasteiger partial charge in [0.15, 0.2) is 0 Å². The van der Waals surface area contributed by atoms with Gasteiger partial charge in [0.05, 0.1) is 0 Å². The van der Waals surface area contributed by atoms with Gasteiger partial charge in [-0.25, -0.2) is 0 Å². The molecule has 0 aromatic heterocycles. The zero-order valence-electron chi connectivity index (χ0n) is 16.6. The topological polar surface area (TPSA) is 101 Å². The Labute approximate surface area is 175 Å². The summed E-state index contributed by atoms with van der Waals surface area (Å²) in [5.41, 5.74) is 9.53. The molecule has 0 aliphatic heterocycles. The van der Waals surface area contributed by atoms with Crippen LogP contribution in [0.3, 0.4) is 0 Å². The molecule has 152 valence electrons. The minimum Gasteiger partial charge on any atom is -0.368 e. The summed E-state index contributed by atoms with van der Waals surface area (Å²) >= 11 is 0. The molecule has 0 heterocycles. The Balaban J connectivity index is 1.66. The maximum atomic E-state index is 12.5. The van der Waals surface area contributed by atoms with Crippen LogP contribution < -0.4 is 16.4 Å². The molecule has 1 atom stereocenters. The first-order chi connectivity index (χ1) is 14.4. The molecule has 3 amide bonds. The molecular weight excluding hydrogens is 378 g/mol. The maximum absolute atomic E-state index is 12.5. The van der Waals surface area contributed by atoms with E-state index in [-0.39, 0.29) is 5.91 Å². The standard InChI is InChI=1S/C24H23N3O3/c1-16(28)26-21-13-11-20(12-14-21)24(30)27-22(23(25)29)15-17-7-9-19(10-8-17)18-5-3-2-4-6-18/h2-14,22H,15H2,1H3,(H2,25,29)(H,26,28)(H,27,30)/t22-/m1/s1. The van der Waals surface area contributed by atoms with Gasteiger partial charge in [0.1, 0.15) is 6.04 Å². The van der Waals surface area contributed by atoms with Crippen LogP contribution in [-0.4, -0.2) is 23.8 Å². The lowest BCUT2D eigenvalue weighted by molar-refractivity contribution is -0.119. The highest BCUT2D eigenvalue weighted by Gasteiger charge is 2.19. The second-order valence-corrected chi connectivity index (χ2v) is 6.95. The summed E-state index contributed by atoms with van der Waals surface area (Å²) in [5, 5.41) is 5.32. The molecule has 3 aromatic rings. The molecule has 6 nitrogen and oxygen atoms in total. The first-order valence-electron chi connectivity index (χ1n) is 9.54. The molecule has 0 aliphatic carbocycles. The van der Waals surface area contributed by atoms with Crippen LogP contribution in [0.4, 0.5) is 5.69 Å². The summed E-state index contributed by atoms with van der Waals surface area (Å²) in [6, 6.07) is 23.3. The number of amides is 3. The summed E-state index contributed by atoms with van der Waals surface area (Å²) in [7, 11) is 0. The number of rotatable bonds is 7. The molecule has 0 saturated heterocycles. The average Bonchev–Trinajstić information content (AvgIpc) is 2.74. The van der Waals surface area contributed by atoms with E-state index in [0.29, 0.717) is 17.7 Å². The molecule has 0 spiro atoms. The monoisotopic (exact) mass is 401 g/mol. The van der Waals surface area contributed by atoms with Crippen LogP contribution in [0.25, 0.3) is 11.1 Å². The van der Waals surface area contributed by atoms with Crippen LogP contribution in [0, 0.1) is 0 Å². The molecule has 6 heteroatoms. The summed E-state index contributed by atoms with van der Waals surface area (Å²) in [4.78, 5) is 35.5. The number of nitrogens with one attached hydrogen (secondary N) is 2. The van der Waals surface area contributed by atoms with Gasteiger partial charge in [-0.3, -0.25) is 14.4 Å². The van der Waals surface area contributed by atoms with Gasteiger partial charge in [0.2, 0.25) is 11.8 Å². The van der Waals surface area contributed by atoms with E-state index in [1.165, 1.54) is 6.92 Å². The lowest BCUT2D eigenvalue weighted by atomic mass is 10.00. The summed E-state index contributed by atoms with van der Waals surface area (Å²) in [6.45, 7) is 1.41. The molecule has 0 radical (unpaired) electrons. The Morgan fingerprint density at radius 1 is 0.833 bits per heavy atom. The number of carbonyl (C=O) groups excluding carboxylic acids is 3. The summed E-state index contributed by atoms with van der Waals surface area (Å²) in [6.07, 6.45) is 0.292. The van der Waals surface area contributed by atoms with Crippen molar-refractivity contribution >= 4 is 23.4 Å². The van der Waals surface area contributed by atoms with E-state index in [4.69, 9.17) is 5.73 Å². The molecule has 3 aromatic carbocycles. The molecule has 4 N–H and O–H groups in total. The van der Waals surface area contributed by atoms with Gasteiger partial charge in [-0.2, -0.15) is 0 Å². The molecule has 0 saturated carbocycles. The smallest absolute Gasteiger partial charge is 0.251 e. The third kappa shape index (κ3) is 5.54. The van der Waals surface area contributed by atoms with Crippen LogP contribution in [0.1, 0.15) is 22.8 Å². The van der Waals surface area contributed by atoms with Crippen molar-refractivity contribution < 1.29 is 14.4 Å². The maximum Gasteiger partial charge on any atom is 0.251 e. The van der Waals surface area contributed by atoms with Crippen LogP contribution in [-0.2, 0) is 16.0 Å². The van der Waals surface area contributed by atoms with E-state index < -0.39 is 17.9 Å². The summed E-state index contributed by atoms with van der Waals surface area (Å²) in [5.74, 6) is -1.21. The van der Waals surface area contributed by atoms with Gasteiger partial charge in [-0.1, -0.05) is 54.6 Å². The summed E-state index contributed by atoms with van der Waals surface area (Å²) < 4.78 is 0. The highest BCUT2D eigenvalue weighted by atomic mass is 16.2. The Hall–Kier alpha value is -3.93. The predicted octanol–water partition coefficient (Wildman–Crippen LogP) is 3.14. The Morgan fingerprint density at radius 2 is 1.43 bits per heavy atom. The largest absolute Gasteiger partial charge is 0.368 e. The van der Waals surface area contributed by atoms with E-state index in [0.717, 1.165) is 16.7 Å². The van der Waals surface area contributed by atoms with Crippen molar-refractivity contribution in [3.05, 3.63) is 90.0 Å². The van der Waals surface area contributed by atoms with Crippen LogP contribution >= 0.6 is 0 Å². The van der Waals surface area contributed by atoms with E-state index >= 15 is 0 Å². The fraction of sp³-hybridized carbons (Fsp3) is 0.125. The van der Waals surface area contributed by atoms with Gasteiger partial charge in [-0.05, 0) is 41.0 Å². The van der Waals surface area contributed by atoms with Gasteiger partial charge in [-0.15, -0.1) is 0 Å². The highest BCUT2D eigenvalue weighted by Crippen LogP contribution is 2.20. The Kier molecular flexibility index (Phi) is 6.60. The minimum absolute atomic E-state index is 0.195. The molecule has 0 aliphatic rings. The highest BCUT2D eigenvalue weighted by molar-refractivity contribution is 5.98. The van der Waals surface area contributed by atoms with Gasteiger partial charge < -0.3 is 16.4 Å². The van der Waals surface area contributed by atoms with Crippen molar-refractivity contribution in [3.8, 4) is 11.1 Å². The van der Waals surface area contributed by atoms with E-state index in [2.05, 4.69) is 10.6 Å². The first kappa shape index (κ1) is 20.8. The van der Waals surface area contributed by atoms with Crippen molar-refractivity contribution in [3.63, 3.8) is 0 Å². The Morgan fingerprint density at radius 3 is 2.00 bits per heavy atom. The second kappa shape index (κ2) is 9.52. The van der Waals surface area contributed by atoms with Crippen LogP contribution in [0.5, 0.6) is 0 Å². The van der Waals surface area contributed by atoms with Crippen LogP contribution in [0.15, 0.2) is 78.9 Å². The van der Waals surface area contributed by atoms with Crippen molar-refractivity contribution in [1.29, 1.82) is 0 Å². The first-order valence-corrected chi connectivity index (χ1v) is 9.54. The number of carbonyl (C=O) groups is 3. The molecule has 3 rings (SSSR count). The van der Waals surface area contributed by atoms with Gasteiger partial charge >= 0.3 is 0 Å². The normalized spacial score (nSPS) is 11.4. The number of primary amides is 1. The number of nitrogens with two attached hydrogens (primary N) is 1. The fourth-order valence-corrected chi connectivity index (χ4v) is 3.07. The minimum atomic E-state index is -0.838. The molecular formula is C24H23N3O3. The lowest BCUT2D eigenvalue weighted by Gasteiger charge is -2.16. The quantitative estimate of drug-likeness (QED) is 0.567. The van der Waals surface area contributed by atoms with Gasteiger partial charge in [0, 0.05) is 24.6 Å². The van der Waals surface area contributed by atoms with Crippen molar-refractivity contribution in [2.75, 3.05) is 5.32 Å². The molecule has 0 fully saturated rings. The third-order valence-corrected chi connectivity index (χ3v) is 4.62. The van der Waals surface area contributed by atoms with Crippen molar-refractivity contribution in [1.82, 2.24) is 5.32 Å². The van der Waals surface area contributed by atoms with Crippen molar-refractivity contribution in [2.45, 2.75) is 19.4 Å². The Bertz CT molecular complexity index is 1030. The number of hydrogen-bond acceptors (Lipinski definition) is 3. The zero-order chi connectivity index (χ0) is 21.5. The molecule has 0 bridgehead atoms. The lowest BCUT2D eigenvalue weighted by Crippen LogP contribution is -2.45. The number of benzene rings is 3. The van der Waals surface area contributed by atoms with Crippen LogP contribution in [0.2, 0.25) is 0 Å². The zero-order valence-corrected chi connectivity index (χ0v) is 16.6. The third-order valence-electron chi connectivity index (χ3n) is 4.62. The fourth-order valence-electron chi connectivity index (χ4n) is 3.07. The van der Waals surface area contributed by atoms with Crippen molar-refractivity contribution in [2.24, 2.45) is 5.73 Å².